The molecule has 0 aliphatic carbocycles. The van der Waals surface area contributed by atoms with Gasteiger partial charge in [0.15, 0.2) is 0 Å². The summed E-state index contributed by atoms with van der Waals surface area (Å²) in [5.41, 5.74) is 6.93. The molecule has 106 valence electrons. The highest BCUT2D eigenvalue weighted by Gasteiger charge is 2.11. The first kappa shape index (κ1) is 15.5. The molecule has 0 spiro atoms. The van der Waals surface area contributed by atoms with Gasteiger partial charge in [0.2, 0.25) is 5.91 Å². The minimum atomic E-state index is -0.0646. The number of rotatable bonds is 7. The van der Waals surface area contributed by atoms with E-state index in [0.717, 1.165) is 12.2 Å². The second-order valence-corrected chi connectivity index (χ2v) is 4.97. The van der Waals surface area contributed by atoms with Gasteiger partial charge in [-0.1, -0.05) is 24.6 Å². The molecule has 0 saturated carbocycles. The molecule has 0 aliphatic heterocycles. The molecule has 3 N–H and O–H groups in total. The predicted octanol–water partition coefficient (Wildman–Crippen LogP) is 2.01. The van der Waals surface area contributed by atoms with Crippen LogP contribution in [0.15, 0.2) is 24.3 Å². The summed E-state index contributed by atoms with van der Waals surface area (Å²) >= 11 is 0. The van der Waals surface area contributed by atoms with Crippen molar-refractivity contribution in [3.8, 4) is 5.75 Å². The topological polar surface area (TPSA) is 64.4 Å². The zero-order valence-corrected chi connectivity index (χ0v) is 12.0. The number of hydrogen-bond donors (Lipinski definition) is 2. The Morgan fingerprint density at radius 2 is 2.00 bits per heavy atom. The molecule has 0 heterocycles. The molecule has 1 amide bonds. The van der Waals surface area contributed by atoms with Gasteiger partial charge >= 0.3 is 0 Å². The highest BCUT2D eigenvalue weighted by Crippen LogP contribution is 2.11. The molecule has 1 aromatic carbocycles. The van der Waals surface area contributed by atoms with E-state index in [2.05, 4.69) is 5.32 Å². The predicted molar refractivity (Wildman–Crippen MR) is 77.2 cm³/mol. The van der Waals surface area contributed by atoms with Gasteiger partial charge in [-0.15, -0.1) is 0 Å². The lowest BCUT2D eigenvalue weighted by atomic mass is 10.1. The fraction of sp³-hybridized carbons (Fsp3) is 0.533. The lowest BCUT2D eigenvalue weighted by Gasteiger charge is -2.16. The molecule has 1 aromatic rings. The van der Waals surface area contributed by atoms with Crippen LogP contribution in [0, 0.1) is 6.92 Å². The first-order valence-electron chi connectivity index (χ1n) is 6.75. The minimum absolute atomic E-state index is 0.0191. The van der Waals surface area contributed by atoms with Gasteiger partial charge < -0.3 is 15.8 Å². The molecule has 2 unspecified atom stereocenters. The Hall–Kier alpha value is -1.55. The number of nitrogens with one attached hydrogen (secondary N) is 1. The van der Waals surface area contributed by atoms with E-state index in [9.17, 15) is 4.79 Å². The Labute approximate surface area is 115 Å². The van der Waals surface area contributed by atoms with Crippen LogP contribution in [0.25, 0.3) is 0 Å². The summed E-state index contributed by atoms with van der Waals surface area (Å²) in [5, 5.41) is 2.88. The number of nitrogens with two attached hydrogens (primary N) is 1. The second kappa shape index (κ2) is 7.79. The summed E-state index contributed by atoms with van der Waals surface area (Å²) in [6, 6.07) is 7.76. The number of carbonyl (C=O) groups is 1. The van der Waals surface area contributed by atoms with E-state index in [4.69, 9.17) is 10.5 Å². The third kappa shape index (κ3) is 6.25. The average molecular weight is 264 g/mol. The van der Waals surface area contributed by atoms with Gasteiger partial charge in [0.05, 0.1) is 6.04 Å². The molecular formula is C15H24N2O2. The van der Waals surface area contributed by atoms with Crippen molar-refractivity contribution in [3.05, 3.63) is 29.8 Å². The normalized spacial score (nSPS) is 13.7. The van der Waals surface area contributed by atoms with E-state index in [-0.39, 0.29) is 18.0 Å². The van der Waals surface area contributed by atoms with E-state index in [0.29, 0.717) is 13.0 Å². The molecule has 2 atom stereocenters. The van der Waals surface area contributed by atoms with Crippen molar-refractivity contribution in [2.75, 3.05) is 6.61 Å². The van der Waals surface area contributed by atoms with Crippen LogP contribution in [-0.2, 0) is 4.79 Å². The van der Waals surface area contributed by atoms with Crippen LogP contribution in [0.3, 0.4) is 0 Å². The van der Waals surface area contributed by atoms with Crippen LogP contribution in [0.5, 0.6) is 5.75 Å². The lowest BCUT2D eigenvalue weighted by Crippen LogP contribution is -2.39. The van der Waals surface area contributed by atoms with Crippen molar-refractivity contribution in [1.82, 2.24) is 5.32 Å². The minimum Gasteiger partial charge on any atom is -0.491 e. The fourth-order valence-electron chi connectivity index (χ4n) is 1.61. The van der Waals surface area contributed by atoms with Crippen molar-refractivity contribution in [3.63, 3.8) is 0 Å². The highest BCUT2D eigenvalue weighted by atomic mass is 16.5. The molecule has 4 heteroatoms. The zero-order valence-electron chi connectivity index (χ0n) is 12.0. The van der Waals surface area contributed by atoms with Crippen molar-refractivity contribution in [2.45, 2.75) is 45.7 Å². The maximum Gasteiger partial charge on any atom is 0.221 e. The summed E-state index contributed by atoms with van der Waals surface area (Å²) in [6.45, 7) is 6.38. The number of aryl methyl sites for hydroxylation is 1. The summed E-state index contributed by atoms with van der Waals surface area (Å²) in [7, 11) is 0. The highest BCUT2D eigenvalue weighted by molar-refractivity contribution is 5.76. The first-order valence-corrected chi connectivity index (χ1v) is 6.75. The Morgan fingerprint density at radius 3 is 2.58 bits per heavy atom. The van der Waals surface area contributed by atoms with Gasteiger partial charge in [-0.05, 0) is 32.4 Å². The monoisotopic (exact) mass is 264 g/mol. The number of hydrogen-bond acceptors (Lipinski definition) is 3. The van der Waals surface area contributed by atoms with Crippen LogP contribution >= 0.6 is 0 Å². The SMILES string of the molecule is CCC(N)CC(=O)NC(C)COc1ccc(C)cc1. The molecule has 0 saturated heterocycles. The number of benzene rings is 1. The number of ether oxygens (including phenoxy) is 1. The largest absolute Gasteiger partial charge is 0.491 e. The van der Waals surface area contributed by atoms with Crippen molar-refractivity contribution in [2.24, 2.45) is 5.73 Å². The van der Waals surface area contributed by atoms with Crippen molar-refractivity contribution < 1.29 is 9.53 Å². The van der Waals surface area contributed by atoms with Gasteiger partial charge in [0, 0.05) is 12.5 Å². The molecule has 0 bridgehead atoms. The van der Waals surface area contributed by atoms with Crippen LogP contribution in [0.4, 0.5) is 0 Å². The summed E-state index contributed by atoms with van der Waals surface area (Å²) in [4.78, 5) is 11.6. The van der Waals surface area contributed by atoms with Gasteiger partial charge in [-0.3, -0.25) is 4.79 Å². The van der Waals surface area contributed by atoms with Crippen LogP contribution in [0.2, 0.25) is 0 Å². The van der Waals surface area contributed by atoms with Crippen molar-refractivity contribution in [1.29, 1.82) is 0 Å². The third-order valence-corrected chi connectivity index (χ3v) is 2.90. The fourth-order valence-corrected chi connectivity index (χ4v) is 1.61. The Morgan fingerprint density at radius 1 is 1.37 bits per heavy atom. The van der Waals surface area contributed by atoms with Gasteiger partial charge in [0.25, 0.3) is 0 Å². The standard InChI is InChI=1S/C15H24N2O2/c1-4-13(16)9-15(18)17-12(3)10-19-14-7-5-11(2)6-8-14/h5-8,12-13H,4,9-10,16H2,1-3H3,(H,17,18). The summed E-state index contributed by atoms with van der Waals surface area (Å²) < 4.78 is 5.61. The first-order chi connectivity index (χ1) is 9.01. The third-order valence-electron chi connectivity index (χ3n) is 2.90. The second-order valence-electron chi connectivity index (χ2n) is 4.97. The molecule has 0 radical (unpaired) electrons. The van der Waals surface area contributed by atoms with E-state index in [1.807, 2.05) is 45.0 Å². The molecule has 19 heavy (non-hydrogen) atoms. The zero-order chi connectivity index (χ0) is 14.3. The van der Waals surface area contributed by atoms with Crippen LogP contribution in [-0.4, -0.2) is 24.6 Å². The maximum atomic E-state index is 11.6. The quantitative estimate of drug-likeness (QED) is 0.791. The molecule has 0 aliphatic rings. The average Bonchev–Trinajstić information content (AvgIpc) is 2.37. The molecule has 4 nitrogen and oxygen atoms in total. The Kier molecular flexibility index (Phi) is 6.36. The molecule has 1 rings (SSSR count). The smallest absolute Gasteiger partial charge is 0.221 e. The summed E-state index contributed by atoms with van der Waals surface area (Å²) in [5.74, 6) is 0.798. The van der Waals surface area contributed by atoms with E-state index in [1.54, 1.807) is 0 Å². The Bertz CT molecular complexity index is 390. The molecule has 0 aromatic heterocycles. The van der Waals surface area contributed by atoms with E-state index >= 15 is 0 Å². The molecular weight excluding hydrogens is 240 g/mol. The van der Waals surface area contributed by atoms with Crippen LogP contribution < -0.4 is 15.8 Å². The Balaban J connectivity index is 2.29. The number of amides is 1. The number of carbonyl (C=O) groups excluding carboxylic acids is 1. The lowest BCUT2D eigenvalue weighted by molar-refractivity contribution is -0.122. The van der Waals surface area contributed by atoms with Gasteiger partial charge in [-0.25, -0.2) is 0 Å². The van der Waals surface area contributed by atoms with E-state index < -0.39 is 0 Å². The van der Waals surface area contributed by atoms with Gasteiger partial charge in [-0.2, -0.15) is 0 Å². The molecule has 0 fully saturated rings. The van der Waals surface area contributed by atoms with Gasteiger partial charge in [0.1, 0.15) is 12.4 Å². The van der Waals surface area contributed by atoms with Crippen molar-refractivity contribution >= 4 is 5.91 Å². The van der Waals surface area contributed by atoms with Crippen LogP contribution in [0.1, 0.15) is 32.3 Å². The van der Waals surface area contributed by atoms with E-state index in [1.165, 1.54) is 5.56 Å². The maximum absolute atomic E-state index is 11.6. The summed E-state index contributed by atoms with van der Waals surface area (Å²) in [6.07, 6.45) is 1.17.